The van der Waals surface area contributed by atoms with Gasteiger partial charge in [-0.3, -0.25) is 9.59 Å². The van der Waals surface area contributed by atoms with E-state index in [0.717, 1.165) is 22.6 Å². The van der Waals surface area contributed by atoms with E-state index < -0.39 is 35.5 Å². The van der Waals surface area contributed by atoms with Gasteiger partial charge in [-0.15, -0.1) is 0 Å². The SMILES string of the molecule is Cc1ccc(N2N=NC3C(=O)N(c4ccc(F)c(F)c4)C(=O)C32)cc1Cl. The fraction of sp³-hybridized carbons (Fsp3) is 0.176. The van der Waals surface area contributed by atoms with Crippen LogP contribution in [0.5, 0.6) is 0 Å². The molecule has 2 aromatic carbocycles. The first-order valence-corrected chi connectivity index (χ1v) is 8.05. The molecule has 2 atom stereocenters. The minimum atomic E-state index is -1.15. The molecule has 2 aromatic rings. The predicted molar refractivity (Wildman–Crippen MR) is 90.0 cm³/mol. The Kier molecular flexibility index (Phi) is 3.73. The molecule has 0 saturated carbocycles. The van der Waals surface area contributed by atoms with Gasteiger partial charge in [-0.1, -0.05) is 22.9 Å². The summed E-state index contributed by atoms with van der Waals surface area (Å²) in [4.78, 5) is 26.2. The van der Waals surface area contributed by atoms with Crippen LogP contribution in [0, 0.1) is 18.6 Å². The average Bonchev–Trinajstić information content (AvgIpc) is 3.14. The van der Waals surface area contributed by atoms with E-state index in [9.17, 15) is 18.4 Å². The van der Waals surface area contributed by atoms with Gasteiger partial charge in [0, 0.05) is 11.1 Å². The van der Waals surface area contributed by atoms with Crippen molar-refractivity contribution in [1.82, 2.24) is 0 Å². The summed E-state index contributed by atoms with van der Waals surface area (Å²) in [6, 6.07) is 5.88. The van der Waals surface area contributed by atoms with Crippen molar-refractivity contribution in [2.45, 2.75) is 19.0 Å². The van der Waals surface area contributed by atoms with Gasteiger partial charge >= 0.3 is 0 Å². The number of carbonyl (C=O) groups is 2. The van der Waals surface area contributed by atoms with Crippen molar-refractivity contribution in [3.8, 4) is 0 Å². The average molecular weight is 377 g/mol. The van der Waals surface area contributed by atoms with Gasteiger partial charge in [0.15, 0.2) is 23.7 Å². The molecule has 132 valence electrons. The van der Waals surface area contributed by atoms with Gasteiger partial charge in [0.1, 0.15) is 0 Å². The number of halogens is 3. The molecule has 6 nitrogen and oxygen atoms in total. The van der Waals surface area contributed by atoms with E-state index in [1.54, 1.807) is 18.2 Å². The Bertz CT molecular complexity index is 981. The first-order chi connectivity index (χ1) is 12.4. The number of hydrogen-bond donors (Lipinski definition) is 0. The summed E-state index contributed by atoms with van der Waals surface area (Å²) in [5.41, 5.74) is 1.30. The molecule has 2 aliphatic rings. The van der Waals surface area contributed by atoms with Crippen LogP contribution in [0.4, 0.5) is 20.2 Å². The summed E-state index contributed by atoms with van der Waals surface area (Å²) >= 11 is 6.12. The number of imide groups is 1. The molecule has 2 unspecified atom stereocenters. The van der Waals surface area contributed by atoms with Gasteiger partial charge in [0.2, 0.25) is 0 Å². The normalized spacial score (nSPS) is 21.7. The van der Waals surface area contributed by atoms with Crippen molar-refractivity contribution < 1.29 is 18.4 Å². The number of anilines is 2. The number of hydrogen-bond acceptors (Lipinski definition) is 5. The number of aryl methyl sites for hydroxylation is 1. The third kappa shape index (κ3) is 2.37. The largest absolute Gasteiger partial charge is 0.271 e. The first kappa shape index (κ1) is 16.6. The lowest BCUT2D eigenvalue weighted by Crippen LogP contribution is -2.40. The zero-order chi connectivity index (χ0) is 18.6. The van der Waals surface area contributed by atoms with Crippen LogP contribution in [0.2, 0.25) is 5.02 Å². The van der Waals surface area contributed by atoms with Gasteiger partial charge < -0.3 is 0 Å². The number of fused-ring (bicyclic) bond motifs is 1. The van der Waals surface area contributed by atoms with Crippen LogP contribution in [0.15, 0.2) is 46.7 Å². The lowest BCUT2D eigenvalue weighted by molar-refractivity contribution is -0.121. The summed E-state index contributed by atoms with van der Waals surface area (Å²) in [6.07, 6.45) is 0. The molecule has 0 radical (unpaired) electrons. The third-order valence-corrected chi connectivity index (χ3v) is 4.77. The van der Waals surface area contributed by atoms with E-state index in [1.165, 1.54) is 11.1 Å². The Hall–Kier alpha value is -2.87. The summed E-state index contributed by atoms with van der Waals surface area (Å²) in [5.74, 6) is -3.48. The lowest BCUT2D eigenvalue weighted by Gasteiger charge is -2.21. The maximum Gasteiger partial charge on any atom is 0.263 e. The minimum absolute atomic E-state index is 0.0506. The minimum Gasteiger partial charge on any atom is -0.271 e. The molecule has 26 heavy (non-hydrogen) atoms. The van der Waals surface area contributed by atoms with Crippen molar-refractivity contribution in [3.05, 3.63) is 58.6 Å². The van der Waals surface area contributed by atoms with Crippen LogP contribution >= 0.6 is 11.6 Å². The van der Waals surface area contributed by atoms with E-state index in [2.05, 4.69) is 10.3 Å². The van der Waals surface area contributed by atoms with Crippen molar-refractivity contribution in [2.75, 3.05) is 9.91 Å². The Morgan fingerprint density at radius 1 is 1.00 bits per heavy atom. The van der Waals surface area contributed by atoms with E-state index in [-0.39, 0.29) is 5.69 Å². The van der Waals surface area contributed by atoms with Crippen molar-refractivity contribution >= 4 is 34.8 Å². The highest BCUT2D eigenvalue weighted by molar-refractivity contribution is 6.31. The van der Waals surface area contributed by atoms with Crippen molar-refractivity contribution in [2.24, 2.45) is 10.3 Å². The molecule has 1 saturated heterocycles. The van der Waals surface area contributed by atoms with Gasteiger partial charge in [0.25, 0.3) is 11.8 Å². The maximum atomic E-state index is 13.5. The number of benzene rings is 2. The maximum absolute atomic E-state index is 13.5. The van der Waals surface area contributed by atoms with E-state index in [4.69, 9.17) is 11.6 Å². The Morgan fingerprint density at radius 3 is 2.42 bits per heavy atom. The molecule has 2 amide bonds. The second-order valence-electron chi connectivity index (χ2n) is 5.98. The highest BCUT2D eigenvalue weighted by Crippen LogP contribution is 2.36. The standard InChI is InChI=1S/C17H11ClF2N4O2/c1-8-2-3-10(6-11(8)18)24-15-14(21-22-24)16(25)23(17(15)26)9-4-5-12(19)13(20)7-9/h2-7,14-15H,1H3. The van der Waals surface area contributed by atoms with Crippen LogP contribution in [0.25, 0.3) is 0 Å². The van der Waals surface area contributed by atoms with Gasteiger partial charge in [0.05, 0.1) is 11.4 Å². The molecule has 0 aromatic heterocycles. The number of nitrogens with zero attached hydrogens (tertiary/aromatic N) is 4. The highest BCUT2D eigenvalue weighted by Gasteiger charge is 2.55. The summed E-state index contributed by atoms with van der Waals surface area (Å²) in [5, 5.41) is 9.60. The van der Waals surface area contributed by atoms with Crippen molar-refractivity contribution in [3.63, 3.8) is 0 Å². The quantitative estimate of drug-likeness (QED) is 0.754. The second kappa shape index (κ2) is 5.84. The molecular formula is C17H11ClF2N4O2. The zero-order valence-corrected chi connectivity index (χ0v) is 14.1. The van der Waals surface area contributed by atoms with Crippen LogP contribution in [-0.2, 0) is 9.59 Å². The smallest absolute Gasteiger partial charge is 0.263 e. The monoisotopic (exact) mass is 376 g/mol. The Labute approximate surface area is 151 Å². The molecule has 0 aliphatic carbocycles. The molecule has 1 fully saturated rings. The highest BCUT2D eigenvalue weighted by atomic mass is 35.5. The molecule has 2 heterocycles. The number of amides is 2. The molecule has 0 spiro atoms. The number of carbonyl (C=O) groups excluding carboxylic acids is 2. The summed E-state index contributed by atoms with van der Waals surface area (Å²) in [6.45, 7) is 1.83. The van der Waals surface area contributed by atoms with Crippen LogP contribution in [0.3, 0.4) is 0 Å². The van der Waals surface area contributed by atoms with Crippen LogP contribution in [0.1, 0.15) is 5.56 Å². The molecule has 0 bridgehead atoms. The van der Waals surface area contributed by atoms with E-state index >= 15 is 0 Å². The molecule has 9 heteroatoms. The Balaban J connectivity index is 1.71. The Morgan fingerprint density at radius 2 is 1.73 bits per heavy atom. The van der Waals surface area contributed by atoms with Gasteiger partial charge in [-0.2, -0.15) is 5.11 Å². The van der Waals surface area contributed by atoms with E-state index in [1.807, 2.05) is 6.92 Å². The first-order valence-electron chi connectivity index (χ1n) is 7.67. The summed E-state index contributed by atoms with van der Waals surface area (Å²) < 4.78 is 26.7. The van der Waals surface area contributed by atoms with Crippen LogP contribution in [-0.4, -0.2) is 23.9 Å². The van der Waals surface area contributed by atoms with Crippen molar-refractivity contribution in [1.29, 1.82) is 0 Å². The third-order valence-electron chi connectivity index (χ3n) is 4.36. The van der Waals surface area contributed by atoms with Gasteiger partial charge in [-0.05, 0) is 36.8 Å². The molecule has 2 aliphatic heterocycles. The topological polar surface area (TPSA) is 65.3 Å². The number of rotatable bonds is 2. The molecule has 4 rings (SSSR count). The fourth-order valence-electron chi connectivity index (χ4n) is 2.98. The predicted octanol–water partition coefficient (Wildman–Crippen LogP) is 3.42. The second-order valence-corrected chi connectivity index (χ2v) is 6.39. The van der Waals surface area contributed by atoms with Crippen LogP contribution < -0.4 is 9.91 Å². The summed E-state index contributed by atoms with van der Waals surface area (Å²) in [7, 11) is 0. The zero-order valence-electron chi connectivity index (χ0n) is 13.4. The van der Waals surface area contributed by atoms with Gasteiger partial charge in [-0.25, -0.2) is 18.7 Å². The fourth-order valence-corrected chi connectivity index (χ4v) is 3.15. The molecular weight excluding hydrogens is 366 g/mol. The van der Waals surface area contributed by atoms with E-state index in [0.29, 0.717) is 10.7 Å². The molecule has 0 N–H and O–H groups in total. The lowest BCUT2D eigenvalue weighted by atomic mass is 10.1.